The van der Waals surface area contributed by atoms with Crippen LogP contribution in [0.25, 0.3) is 0 Å². The van der Waals surface area contributed by atoms with E-state index in [1.807, 2.05) is 0 Å². The summed E-state index contributed by atoms with van der Waals surface area (Å²) in [5, 5.41) is 3.46. The predicted octanol–water partition coefficient (Wildman–Crippen LogP) is 3.09. The van der Waals surface area contributed by atoms with Gasteiger partial charge in [0.25, 0.3) is 0 Å². The Labute approximate surface area is 108 Å². The molecule has 0 saturated carbocycles. The van der Waals surface area contributed by atoms with E-state index in [4.69, 9.17) is 5.73 Å². The van der Waals surface area contributed by atoms with Gasteiger partial charge < -0.3 is 11.1 Å². The molecule has 1 heterocycles. The minimum absolute atomic E-state index is 0.509. The lowest BCUT2D eigenvalue weighted by molar-refractivity contribution is 0.720. The van der Waals surface area contributed by atoms with Crippen LogP contribution < -0.4 is 11.1 Å². The van der Waals surface area contributed by atoms with Gasteiger partial charge in [0.15, 0.2) is 0 Å². The fourth-order valence-electron chi connectivity index (χ4n) is 2.70. The summed E-state index contributed by atoms with van der Waals surface area (Å²) in [6.45, 7) is 1.66. The number of para-hydroxylation sites is 1. The van der Waals surface area contributed by atoms with E-state index in [2.05, 4.69) is 53.8 Å². The normalized spacial score (nSPS) is 17.9. The second-order valence-electron chi connectivity index (χ2n) is 4.80. The molecule has 2 aromatic rings. The number of benzene rings is 2. The topological polar surface area (TPSA) is 38.0 Å². The van der Waals surface area contributed by atoms with Crippen LogP contribution in [0.4, 0.5) is 5.69 Å². The van der Waals surface area contributed by atoms with E-state index in [-0.39, 0.29) is 0 Å². The van der Waals surface area contributed by atoms with Gasteiger partial charge in [-0.25, -0.2) is 0 Å². The maximum atomic E-state index is 5.64. The molecular formula is C16H18N2. The van der Waals surface area contributed by atoms with E-state index in [1.165, 1.54) is 22.4 Å². The number of hydrogen-bond acceptors (Lipinski definition) is 2. The lowest BCUT2D eigenvalue weighted by atomic mass is 9.85. The summed E-state index contributed by atoms with van der Waals surface area (Å²) < 4.78 is 0. The van der Waals surface area contributed by atoms with Crippen molar-refractivity contribution in [2.24, 2.45) is 5.73 Å². The van der Waals surface area contributed by atoms with Crippen LogP contribution in [0.15, 0.2) is 48.5 Å². The second-order valence-corrected chi connectivity index (χ2v) is 4.80. The minimum atomic E-state index is 0.509. The SMILES string of the molecule is NCc1ccc(C2CCNc3ccccc32)cc1. The summed E-state index contributed by atoms with van der Waals surface area (Å²) in [5.74, 6) is 0.509. The number of rotatable bonds is 2. The minimum Gasteiger partial charge on any atom is -0.385 e. The third-order valence-corrected chi connectivity index (χ3v) is 3.70. The first-order valence-electron chi connectivity index (χ1n) is 6.50. The molecule has 0 aromatic heterocycles. The van der Waals surface area contributed by atoms with Crippen molar-refractivity contribution in [2.45, 2.75) is 18.9 Å². The molecular weight excluding hydrogens is 220 g/mol. The van der Waals surface area contributed by atoms with Gasteiger partial charge in [-0.3, -0.25) is 0 Å². The summed E-state index contributed by atoms with van der Waals surface area (Å²) in [5.41, 5.74) is 10.9. The molecule has 1 atom stereocenters. The Morgan fingerprint density at radius 1 is 1.06 bits per heavy atom. The molecule has 1 aliphatic heterocycles. The summed E-state index contributed by atoms with van der Waals surface area (Å²) in [4.78, 5) is 0. The Kier molecular flexibility index (Phi) is 3.03. The molecule has 3 rings (SSSR count). The Morgan fingerprint density at radius 2 is 1.83 bits per heavy atom. The van der Waals surface area contributed by atoms with Gasteiger partial charge in [0, 0.05) is 24.7 Å². The van der Waals surface area contributed by atoms with Crippen molar-refractivity contribution in [1.29, 1.82) is 0 Å². The quantitative estimate of drug-likeness (QED) is 0.843. The summed E-state index contributed by atoms with van der Waals surface area (Å²) in [6, 6.07) is 17.3. The standard InChI is InChI=1S/C16H18N2/c17-11-12-5-7-13(8-6-12)14-9-10-18-16-4-2-1-3-15(14)16/h1-8,14,18H,9-11,17H2. The lowest BCUT2D eigenvalue weighted by Crippen LogP contribution is -2.17. The second kappa shape index (κ2) is 4.83. The number of nitrogens with one attached hydrogen (secondary N) is 1. The Balaban J connectivity index is 1.97. The van der Waals surface area contributed by atoms with Crippen LogP contribution in [0.1, 0.15) is 29.0 Å². The molecule has 2 heteroatoms. The smallest absolute Gasteiger partial charge is 0.0379 e. The molecule has 1 aliphatic rings. The lowest BCUT2D eigenvalue weighted by Gasteiger charge is -2.27. The van der Waals surface area contributed by atoms with Crippen molar-refractivity contribution in [1.82, 2.24) is 0 Å². The van der Waals surface area contributed by atoms with Crippen molar-refractivity contribution in [3.8, 4) is 0 Å². The van der Waals surface area contributed by atoms with Crippen molar-refractivity contribution in [2.75, 3.05) is 11.9 Å². The molecule has 18 heavy (non-hydrogen) atoms. The van der Waals surface area contributed by atoms with Gasteiger partial charge in [-0.2, -0.15) is 0 Å². The van der Waals surface area contributed by atoms with Crippen LogP contribution in [-0.2, 0) is 6.54 Å². The zero-order valence-corrected chi connectivity index (χ0v) is 10.4. The van der Waals surface area contributed by atoms with E-state index in [0.29, 0.717) is 12.5 Å². The summed E-state index contributed by atoms with van der Waals surface area (Å²) in [7, 11) is 0. The van der Waals surface area contributed by atoms with Crippen LogP contribution in [0.5, 0.6) is 0 Å². The molecule has 1 unspecified atom stereocenters. The highest BCUT2D eigenvalue weighted by molar-refractivity contribution is 5.57. The van der Waals surface area contributed by atoms with E-state index < -0.39 is 0 Å². The van der Waals surface area contributed by atoms with Gasteiger partial charge in [0.2, 0.25) is 0 Å². The molecule has 0 saturated heterocycles. The molecule has 0 bridgehead atoms. The monoisotopic (exact) mass is 238 g/mol. The Morgan fingerprint density at radius 3 is 2.61 bits per heavy atom. The van der Waals surface area contributed by atoms with E-state index in [9.17, 15) is 0 Å². The van der Waals surface area contributed by atoms with Crippen molar-refractivity contribution in [3.05, 3.63) is 65.2 Å². The molecule has 0 radical (unpaired) electrons. The van der Waals surface area contributed by atoms with Gasteiger partial charge >= 0.3 is 0 Å². The average Bonchev–Trinajstić information content (AvgIpc) is 2.47. The molecule has 2 aromatic carbocycles. The van der Waals surface area contributed by atoms with E-state index in [1.54, 1.807) is 0 Å². The van der Waals surface area contributed by atoms with Crippen LogP contribution in [0, 0.1) is 0 Å². The van der Waals surface area contributed by atoms with Gasteiger partial charge in [-0.05, 0) is 29.2 Å². The molecule has 3 N–H and O–H groups in total. The summed E-state index contributed by atoms with van der Waals surface area (Å²) >= 11 is 0. The fourth-order valence-corrected chi connectivity index (χ4v) is 2.70. The van der Waals surface area contributed by atoms with Crippen molar-refractivity contribution < 1.29 is 0 Å². The highest BCUT2D eigenvalue weighted by atomic mass is 14.9. The molecule has 2 nitrogen and oxygen atoms in total. The Bertz CT molecular complexity index is 531. The molecule has 0 spiro atoms. The highest BCUT2D eigenvalue weighted by Crippen LogP contribution is 2.36. The third kappa shape index (κ3) is 2.00. The summed E-state index contributed by atoms with van der Waals surface area (Å²) in [6.07, 6.45) is 1.15. The zero-order chi connectivity index (χ0) is 12.4. The maximum absolute atomic E-state index is 5.64. The Hall–Kier alpha value is -1.80. The number of anilines is 1. The van der Waals surface area contributed by atoms with Gasteiger partial charge in [-0.15, -0.1) is 0 Å². The maximum Gasteiger partial charge on any atom is 0.0379 e. The molecule has 0 amide bonds. The molecule has 0 aliphatic carbocycles. The van der Waals surface area contributed by atoms with Crippen LogP contribution >= 0.6 is 0 Å². The average molecular weight is 238 g/mol. The first-order valence-corrected chi connectivity index (χ1v) is 6.50. The zero-order valence-electron chi connectivity index (χ0n) is 10.4. The van der Waals surface area contributed by atoms with E-state index >= 15 is 0 Å². The van der Waals surface area contributed by atoms with Gasteiger partial charge in [0.1, 0.15) is 0 Å². The van der Waals surface area contributed by atoms with Gasteiger partial charge in [-0.1, -0.05) is 42.5 Å². The van der Waals surface area contributed by atoms with Gasteiger partial charge in [0.05, 0.1) is 0 Å². The van der Waals surface area contributed by atoms with Crippen LogP contribution in [0.3, 0.4) is 0 Å². The van der Waals surface area contributed by atoms with Crippen LogP contribution in [0.2, 0.25) is 0 Å². The third-order valence-electron chi connectivity index (χ3n) is 3.70. The predicted molar refractivity (Wildman–Crippen MR) is 75.7 cm³/mol. The first-order chi connectivity index (χ1) is 8.88. The molecule has 92 valence electrons. The highest BCUT2D eigenvalue weighted by Gasteiger charge is 2.20. The fraction of sp³-hybridized carbons (Fsp3) is 0.250. The largest absolute Gasteiger partial charge is 0.385 e. The first kappa shape index (κ1) is 11.3. The number of nitrogens with two attached hydrogens (primary N) is 1. The van der Waals surface area contributed by atoms with Crippen LogP contribution in [-0.4, -0.2) is 6.54 Å². The van der Waals surface area contributed by atoms with Crippen molar-refractivity contribution in [3.63, 3.8) is 0 Å². The van der Waals surface area contributed by atoms with Crippen molar-refractivity contribution >= 4 is 5.69 Å². The van der Waals surface area contributed by atoms with E-state index in [0.717, 1.165) is 13.0 Å². The molecule has 0 fully saturated rings. The number of hydrogen-bond donors (Lipinski definition) is 2. The number of fused-ring (bicyclic) bond motifs is 1.